The van der Waals surface area contributed by atoms with Gasteiger partial charge >= 0.3 is 0 Å². The zero-order valence-electron chi connectivity index (χ0n) is 15.2. The number of nitrogens with one attached hydrogen (secondary N) is 1. The molecule has 148 valence electrons. The molecule has 0 aliphatic heterocycles. The van der Waals surface area contributed by atoms with E-state index in [0.717, 1.165) is 26.0 Å². The molecule has 10 heteroatoms. The molecular formula is C19H15BrN4O3S2. The zero-order chi connectivity index (χ0) is 20.2. The maximum Gasteiger partial charge on any atom is 0.277 e. The van der Waals surface area contributed by atoms with Crippen molar-refractivity contribution >= 4 is 60.3 Å². The predicted molar refractivity (Wildman–Crippen MR) is 118 cm³/mol. The highest BCUT2D eigenvalue weighted by Gasteiger charge is 2.13. The molecule has 1 amide bonds. The standard InChI is InChI=1S/C19H15BrN4O3S2/c1-2-26-13-6-3-11(4-7-13)17-23-24-19(27-17)28-10-16(25)22-18-21-14-8-5-12(20)9-15(14)29-18/h3-9H,2,10H2,1H3,(H,21,22,25). The highest BCUT2D eigenvalue weighted by Crippen LogP contribution is 2.29. The van der Waals surface area contributed by atoms with Crippen molar-refractivity contribution in [3.63, 3.8) is 0 Å². The number of carbonyl (C=O) groups is 1. The average molecular weight is 491 g/mol. The lowest BCUT2D eigenvalue weighted by Crippen LogP contribution is -2.13. The molecule has 0 radical (unpaired) electrons. The number of hydrogen-bond acceptors (Lipinski definition) is 8. The van der Waals surface area contributed by atoms with Crippen LogP contribution in [0.15, 0.2) is 56.6 Å². The van der Waals surface area contributed by atoms with Gasteiger partial charge in [-0.25, -0.2) is 4.98 Å². The third-order valence-corrected chi connectivity index (χ3v) is 5.99. The van der Waals surface area contributed by atoms with E-state index in [4.69, 9.17) is 9.15 Å². The van der Waals surface area contributed by atoms with Crippen LogP contribution < -0.4 is 10.1 Å². The van der Waals surface area contributed by atoms with Crippen LogP contribution in [0.5, 0.6) is 5.75 Å². The Labute approximate surface area is 183 Å². The van der Waals surface area contributed by atoms with Gasteiger partial charge in [-0.3, -0.25) is 4.79 Å². The number of rotatable bonds is 7. The molecule has 1 N–H and O–H groups in total. The molecule has 0 unspecified atom stereocenters. The molecular weight excluding hydrogens is 476 g/mol. The summed E-state index contributed by atoms with van der Waals surface area (Å²) >= 11 is 6.03. The number of ether oxygens (including phenoxy) is 1. The first-order valence-electron chi connectivity index (χ1n) is 8.66. The van der Waals surface area contributed by atoms with Gasteiger partial charge in [-0.05, 0) is 49.4 Å². The summed E-state index contributed by atoms with van der Waals surface area (Å²) in [7, 11) is 0. The topological polar surface area (TPSA) is 90.1 Å². The molecule has 2 heterocycles. The molecule has 0 saturated carbocycles. The van der Waals surface area contributed by atoms with Crippen molar-refractivity contribution in [2.24, 2.45) is 0 Å². The van der Waals surface area contributed by atoms with E-state index in [1.165, 1.54) is 23.1 Å². The molecule has 0 atom stereocenters. The van der Waals surface area contributed by atoms with Gasteiger partial charge in [-0.2, -0.15) is 0 Å². The number of aromatic nitrogens is 3. The van der Waals surface area contributed by atoms with Gasteiger partial charge in [0.1, 0.15) is 5.75 Å². The largest absolute Gasteiger partial charge is 0.494 e. The van der Waals surface area contributed by atoms with Crippen molar-refractivity contribution in [2.45, 2.75) is 12.1 Å². The number of amides is 1. The molecule has 0 aliphatic carbocycles. The van der Waals surface area contributed by atoms with Gasteiger partial charge in [0.05, 0.1) is 22.6 Å². The monoisotopic (exact) mass is 490 g/mol. The molecule has 4 rings (SSSR count). The van der Waals surface area contributed by atoms with Gasteiger partial charge in [0.15, 0.2) is 5.13 Å². The summed E-state index contributed by atoms with van der Waals surface area (Å²) in [4.78, 5) is 16.6. The lowest BCUT2D eigenvalue weighted by molar-refractivity contribution is -0.113. The Morgan fingerprint density at radius 2 is 2.07 bits per heavy atom. The molecule has 4 aromatic rings. The smallest absolute Gasteiger partial charge is 0.277 e. The molecule has 2 aromatic carbocycles. The second kappa shape index (κ2) is 8.93. The molecule has 0 bridgehead atoms. The molecule has 2 aromatic heterocycles. The third-order valence-electron chi connectivity index (χ3n) is 3.74. The maximum absolute atomic E-state index is 12.2. The molecule has 7 nitrogen and oxygen atoms in total. The molecule has 0 fully saturated rings. The minimum atomic E-state index is -0.186. The van der Waals surface area contributed by atoms with E-state index in [9.17, 15) is 4.79 Å². The second-order valence-corrected chi connectivity index (χ2v) is 8.67. The number of thiazole rings is 1. The van der Waals surface area contributed by atoms with Crippen molar-refractivity contribution in [1.82, 2.24) is 15.2 Å². The molecule has 0 spiro atoms. The summed E-state index contributed by atoms with van der Waals surface area (Å²) in [5.74, 6) is 1.13. The van der Waals surface area contributed by atoms with Gasteiger partial charge < -0.3 is 14.5 Å². The summed E-state index contributed by atoms with van der Waals surface area (Å²) < 4.78 is 13.0. The van der Waals surface area contributed by atoms with Crippen molar-refractivity contribution in [3.8, 4) is 17.2 Å². The van der Waals surface area contributed by atoms with E-state index in [-0.39, 0.29) is 11.7 Å². The van der Waals surface area contributed by atoms with Crippen molar-refractivity contribution in [2.75, 3.05) is 17.7 Å². The SMILES string of the molecule is CCOc1ccc(-c2nnc(SCC(=O)Nc3nc4ccc(Br)cc4s3)o2)cc1. The van der Waals surface area contributed by atoms with Gasteiger partial charge in [-0.15, -0.1) is 10.2 Å². The van der Waals surface area contributed by atoms with E-state index in [2.05, 4.69) is 36.4 Å². The third kappa shape index (κ3) is 4.95. The molecule has 0 saturated heterocycles. The van der Waals surface area contributed by atoms with E-state index < -0.39 is 0 Å². The van der Waals surface area contributed by atoms with Crippen LogP contribution in [0.3, 0.4) is 0 Å². The Morgan fingerprint density at radius 3 is 2.86 bits per heavy atom. The van der Waals surface area contributed by atoms with E-state index >= 15 is 0 Å². The Balaban J connectivity index is 1.34. The first-order valence-corrected chi connectivity index (χ1v) is 11.3. The highest BCUT2D eigenvalue weighted by atomic mass is 79.9. The lowest BCUT2D eigenvalue weighted by Gasteiger charge is -2.02. The number of benzene rings is 2. The second-order valence-electron chi connectivity index (χ2n) is 5.80. The summed E-state index contributed by atoms with van der Waals surface area (Å²) in [6.07, 6.45) is 0. The van der Waals surface area contributed by atoms with Gasteiger partial charge in [-0.1, -0.05) is 39.0 Å². The maximum atomic E-state index is 12.2. The van der Waals surface area contributed by atoms with Crippen LogP contribution in [0.25, 0.3) is 21.7 Å². The Kier molecular flexibility index (Phi) is 6.12. The molecule has 0 aliphatic rings. The van der Waals surface area contributed by atoms with Crippen LogP contribution in [0.4, 0.5) is 5.13 Å². The van der Waals surface area contributed by atoms with Gasteiger partial charge in [0.2, 0.25) is 11.8 Å². The predicted octanol–water partition coefficient (Wildman–Crippen LogP) is 5.24. The Bertz CT molecular complexity index is 1140. The Hall–Kier alpha value is -2.43. The average Bonchev–Trinajstić information content (AvgIpc) is 3.33. The normalized spacial score (nSPS) is 11.0. The molecule has 29 heavy (non-hydrogen) atoms. The fourth-order valence-electron chi connectivity index (χ4n) is 2.48. The van der Waals surface area contributed by atoms with Gasteiger partial charge in [0.25, 0.3) is 5.22 Å². The zero-order valence-corrected chi connectivity index (χ0v) is 18.4. The highest BCUT2D eigenvalue weighted by molar-refractivity contribution is 9.10. The van der Waals surface area contributed by atoms with Crippen LogP contribution in [0.2, 0.25) is 0 Å². The summed E-state index contributed by atoms with van der Waals surface area (Å²) in [6, 6.07) is 13.2. The van der Waals surface area contributed by atoms with Crippen LogP contribution in [-0.4, -0.2) is 33.4 Å². The van der Waals surface area contributed by atoms with Crippen molar-refractivity contribution in [3.05, 3.63) is 46.9 Å². The van der Waals surface area contributed by atoms with Crippen LogP contribution in [0, 0.1) is 0 Å². The fourth-order valence-corrected chi connectivity index (χ4v) is 4.48. The quantitative estimate of drug-likeness (QED) is 0.354. The first kappa shape index (κ1) is 19.9. The van der Waals surface area contributed by atoms with E-state index in [1.54, 1.807) is 0 Å². The van der Waals surface area contributed by atoms with Crippen molar-refractivity contribution < 1.29 is 13.9 Å². The number of fused-ring (bicyclic) bond motifs is 1. The van der Waals surface area contributed by atoms with Crippen molar-refractivity contribution in [1.29, 1.82) is 0 Å². The van der Waals surface area contributed by atoms with Gasteiger partial charge in [0, 0.05) is 10.0 Å². The Morgan fingerprint density at radius 1 is 1.24 bits per heavy atom. The number of thioether (sulfide) groups is 1. The van der Waals surface area contributed by atoms with E-state index in [1.807, 2.05) is 49.4 Å². The number of anilines is 1. The minimum absolute atomic E-state index is 0.143. The van der Waals surface area contributed by atoms with Crippen LogP contribution in [0.1, 0.15) is 6.92 Å². The number of halogens is 1. The minimum Gasteiger partial charge on any atom is -0.494 e. The summed E-state index contributed by atoms with van der Waals surface area (Å²) in [5.41, 5.74) is 1.64. The van der Waals surface area contributed by atoms with E-state index in [0.29, 0.717) is 22.9 Å². The number of nitrogens with zero attached hydrogens (tertiary/aromatic N) is 3. The van der Waals surface area contributed by atoms with Crippen LogP contribution >= 0.6 is 39.0 Å². The lowest BCUT2D eigenvalue weighted by atomic mass is 10.2. The number of carbonyl (C=O) groups excluding carboxylic acids is 1. The first-order chi connectivity index (χ1) is 14.1. The summed E-state index contributed by atoms with van der Waals surface area (Å²) in [5, 5.41) is 11.7. The summed E-state index contributed by atoms with van der Waals surface area (Å²) in [6.45, 7) is 2.54. The fraction of sp³-hybridized carbons (Fsp3) is 0.158. The van der Waals surface area contributed by atoms with Crippen LogP contribution in [-0.2, 0) is 4.79 Å². The number of hydrogen-bond donors (Lipinski definition) is 1.